The van der Waals surface area contributed by atoms with Gasteiger partial charge in [0.25, 0.3) is 0 Å². The first kappa shape index (κ1) is 15.1. The zero-order chi connectivity index (χ0) is 15.5. The predicted octanol–water partition coefficient (Wildman–Crippen LogP) is 6.22. The van der Waals surface area contributed by atoms with Crippen molar-refractivity contribution in [3.8, 4) is 0 Å². The van der Waals surface area contributed by atoms with Crippen LogP contribution in [0.3, 0.4) is 0 Å². The SMILES string of the molecule is CCCC1=C(c2ccccc2CCC)[CH]c2cccc(C)c21. The molecule has 0 saturated carbocycles. The summed E-state index contributed by atoms with van der Waals surface area (Å²) in [7, 11) is 0. The van der Waals surface area contributed by atoms with E-state index in [2.05, 4.69) is 69.7 Å². The summed E-state index contributed by atoms with van der Waals surface area (Å²) < 4.78 is 0. The number of fused-ring (bicyclic) bond motifs is 1. The summed E-state index contributed by atoms with van der Waals surface area (Å²) in [6, 6.07) is 15.6. The highest BCUT2D eigenvalue weighted by molar-refractivity contribution is 6.03. The van der Waals surface area contributed by atoms with E-state index in [-0.39, 0.29) is 0 Å². The zero-order valence-electron chi connectivity index (χ0n) is 13.9. The molecule has 0 heteroatoms. The maximum Gasteiger partial charge on any atom is 0.0214 e. The number of allylic oxidation sites excluding steroid dienone is 2. The summed E-state index contributed by atoms with van der Waals surface area (Å²) >= 11 is 0. The van der Waals surface area contributed by atoms with Crippen molar-refractivity contribution in [3.05, 3.63) is 76.7 Å². The molecule has 2 aromatic carbocycles. The first-order valence-electron chi connectivity index (χ1n) is 8.52. The molecule has 0 spiro atoms. The third-order valence-electron chi connectivity index (χ3n) is 4.56. The standard InChI is InChI=1S/C22H25/c1-4-9-17-12-6-7-14-19(17)21-15-18-13-8-11-16(3)22(18)20(21)10-5-2/h6-8,11-15H,4-5,9-10H2,1-3H3. The number of hydrogen-bond acceptors (Lipinski definition) is 0. The van der Waals surface area contributed by atoms with Crippen molar-refractivity contribution in [2.45, 2.75) is 46.5 Å². The third-order valence-corrected chi connectivity index (χ3v) is 4.56. The van der Waals surface area contributed by atoms with Crippen LogP contribution in [0, 0.1) is 13.3 Å². The zero-order valence-corrected chi connectivity index (χ0v) is 13.9. The molecule has 1 radical (unpaired) electrons. The Balaban J connectivity index is 2.15. The van der Waals surface area contributed by atoms with Crippen molar-refractivity contribution in [1.29, 1.82) is 0 Å². The van der Waals surface area contributed by atoms with E-state index in [1.807, 2.05) is 0 Å². The van der Waals surface area contributed by atoms with Gasteiger partial charge in [-0.2, -0.15) is 0 Å². The van der Waals surface area contributed by atoms with Crippen LogP contribution in [0.15, 0.2) is 42.5 Å². The van der Waals surface area contributed by atoms with Crippen molar-refractivity contribution in [1.82, 2.24) is 0 Å². The van der Waals surface area contributed by atoms with Crippen molar-refractivity contribution in [3.63, 3.8) is 0 Å². The fraction of sp³-hybridized carbons (Fsp3) is 0.318. The molecule has 113 valence electrons. The second-order valence-corrected chi connectivity index (χ2v) is 6.23. The predicted molar refractivity (Wildman–Crippen MR) is 96.7 cm³/mol. The van der Waals surface area contributed by atoms with E-state index in [1.54, 1.807) is 5.57 Å². The maximum absolute atomic E-state index is 2.40. The minimum Gasteiger partial charge on any atom is -0.0651 e. The van der Waals surface area contributed by atoms with Crippen LogP contribution in [-0.4, -0.2) is 0 Å². The molecule has 0 aromatic heterocycles. The number of benzene rings is 2. The second-order valence-electron chi connectivity index (χ2n) is 6.23. The summed E-state index contributed by atoms with van der Waals surface area (Å²) in [4.78, 5) is 0. The van der Waals surface area contributed by atoms with Crippen LogP contribution < -0.4 is 0 Å². The van der Waals surface area contributed by atoms with E-state index in [0.29, 0.717) is 0 Å². The Labute approximate surface area is 134 Å². The lowest BCUT2D eigenvalue weighted by atomic mass is 9.91. The Morgan fingerprint density at radius 1 is 0.818 bits per heavy atom. The molecular formula is C22H25. The molecule has 22 heavy (non-hydrogen) atoms. The first-order chi connectivity index (χ1) is 10.8. The van der Waals surface area contributed by atoms with Gasteiger partial charge in [0.1, 0.15) is 0 Å². The topological polar surface area (TPSA) is 0 Å². The van der Waals surface area contributed by atoms with E-state index in [0.717, 1.165) is 12.8 Å². The molecule has 0 N–H and O–H groups in total. The molecule has 0 saturated heterocycles. The normalized spacial score (nSPS) is 13.6. The molecule has 1 aliphatic carbocycles. The molecule has 0 heterocycles. The summed E-state index contributed by atoms with van der Waals surface area (Å²) in [5, 5.41) is 0. The van der Waals surface area contributed by atoms with Crippen LogP contribution in [0.25, 0.3) is 11.1 Å². The van der Waals surface area contributed by atoms with Crippen molar-refractivity contribution in [2.75, 3.05) is 0 Å². The molecule has 0 bridgehead atoms. The van der Waals surface area contributed by atoms with E-state index in [9.17, 15) is 0 Å². The average Bonchev–Trinajstić information content (AvgIpc) is 2.89. The molecule has 2 aromatic rings. The molecule has 0 amide bonds. The van der Waals surface area contributed by atoms with E-state index in [1.165, 1.54) is 46.2 Å². The Bertz CT molecular complexity index is 704. The minimum absolute atomic E-state index is 1.16. The van der Waals surface area contributed by atoms with Crippen molar-refractivity contribution < 1.29 is 0 Å². The van der Waals surface area contributed by atoms with Crippen LogP contribution in [0.5, 0.6) is 0 Å². The van der Waals surface area contributed by atoms with Crippen molar-refractivity contribution in [2.24, 2.45) is 0 Å². The Kier molecular flexibility index (Phi) is 4.47. The highest BCUT2D eigenvalue weighted by Crippen LogP contribution is 2.44. The van der Waals surface area contributed by atoms with Gasteiger partial charge in [-0.15, -0.1) is 0 Å². The highest BCUT2D eigenvalue weighted by Gasteiger charge is 2.24. The van der Waals surface area contributed by atoms with Crippen LogP contribution in [0.4, 0.5) is 0 Å². The fourth-order valence-corrected chi connectivity index (χ4v) is 3.62. The molecule has 3 rings (SSSR count). The lowest BCUT2D eigenvalue weighted by Gasteiger charge is -2.13. The number of rotatable bonds is 5. The smallest absolute Gasteiger partial charge is 0.0214 e. The van der Waals surface area contributed by atoms with Gasteiger partial charge in [-0.25, -0.2) is 0 Å². The summed E-state index contributed by atoms with van der Waals surface area (Å²) in [5.41, 5.74) is 10.2. The average molecular weight is 289 g/mol. The van der Waals surface area contributed by atoms with Gasteiger partial charge < -0.3 is 0 Å². The van der Waals surface area contributed by atoms with Gasteiger partial charge in [-0.1, -0.05) is 69.2 Å². The van der Waals surface area contributed by atoms with Gasteiger partial charge in [0.15, 0.2) is 0 Å². The van der Waals surface area contributed by atoms with E-state index in [4.69, 9.17) is 0 Å². The lowest BCUT2D eigenvalue weighted by molar-refractivity contribution is 0.918. The third kappa shape index (κ3) is 2.63. The van der Waals surface area contributed by atoms with Crippen LogP contribution in [0.2, 0.25) is 0 Å². The van der Waals surface area contributed by atoms with Gasteiger partial charge in [0.05, 0.1) is 0 Å². The molecule has 0 atom stereocenters. The number of hydrogen-bond donors (Lipinski definition) is 0. The van der Waals surface area contributed by atoms with Gasteiger partial charge in [0.2, 0.25) is 0 Å². The molecule has 0 fully saturated rings. The molecule has 1 aliphatic rings. The van der Waals surface area contributed by atoms with Gasteiger partial charge in [0, 0.05) is 6.42 Å². The van der Waals surface area contributed by atoms with Crippen LogP contribution in [-0.2, 0) is 6.42 Å². The molecule has 0 unspecified atom stereocenters. The summed E-state index contributed by atoms with van der Waals surface area (Å²) in [6.07, 6.45) is 7.10. The highest BCUT2D eigenvalue weighted by atomic mass is 14.3. The fourth-order valence-electron chi connectivity index (χ4n) is 3.62. The summed E-state index contributed by atoms with van der Waals surface area (Å²) in [5.74, 6) is 0. The quantitative estimate of drug-likeness (QED) is 0.612. The minimum atomic E-state index is 1.16. The van der Waals surface area contributed by atoms with Crippen molar-refractivity contribution >= 4 is 11.1 Å². The van der Waals surface area contributed by atoms with Gasteiger partial charge >= 0.3 is 0 Å². The maximum atomic E-state index is 2.40. The largest absolute Gasteiger partial charge is 0.0651 e. The Hall–Kier alpha value is -1.82. The van der Waals surface area contributed by atoms with Crippen LogP contribution >= 0.6 is 0 Å². The summed E-state index contributed by atoms with van der Waals surface area (Å²) in [6.45, 7) is 6.78. The second kappa shape index (κ2) is 6.52. The lowest BCUT2D eigenvalue weighted by Crippen LogP contribution is -1.94. The van der Waals surface area contributed by atoms with E-state index < -0.39 is 0 Å². The van der Waals surface area contributed by atoms with E-state index >= 15 is 0 Å². The first-order valence-corrected chi connectivity index (χ1v) is 8.52. The molecule has 0 nitrogen and oxygen atoms in total. The number of aryl methyl sites for hydroxylation is 2. The van der Waals surface area contributed by atoms with Gasteiger partial charge in [-0.3, -0.25) is 0 Å². The Morgan fingerprint density at radius 3 is 2.36 bits per heavy atom. The Morgan fingerprint density at radius 2 is 1.59 bits per heavy atom. The van der Waals surface area contributed by atoms with Gasteiger partial charge in [-0.05, 0) is 58.7 Å². The molecule has 0 aliphatic heterocycles. The van der Waals surface area contributed by atoms with Crippen LogP contribution in [0.1, 0.15) is 60.9 Å². The monoisotopic (exact) mass is 289 g/mol. The molecular weight excluding hydrogens is 264 g/mol.